The highest BCUT2D eigenvalue weighted by Gasteiger charge is 2.49. The van der Waals surface area contributed by atoms with Crippen LogP contribution in [-0.4, -0.2) is 69.1 Å². The van der Waals surface area contributed by atoms with Crippen LogP contribution in [0.4, 0.5) is 5.69 Å². The number of aryl methyl sites for hydroxylation is 2. The zero-order valence-corrected chi connectivity index (χ0v) is 29.6. The Morgan fingerprint density at radius 1 is 1.19 bits per heavy atom. The summed E-state index contributed by atoms with van der Waals surface area (Å²) >= 11 is 0. The number of rotatable bonds is 11. The van der Waals surface area contributed by atoms with Gasteiger partial charge in [-0.2, -0.15) is 0 Å². The zero-order chi connectivity index (χ0) is 34.6. The molecule has 1 amide bonds. The number of hydrogen-bond donors (Lipinski definition) is 0. The van der Waals surface area contributed by atoms with Crippen molar-refractivity contribution in [1.29, 1.82) is 0 Å². The number of likely N-dealkylation sites (tertiary alicyclic amines) is 1. The van der Waals surface area contributed by atoms with Crippen molar-refractivity contribution in [2.75, 3.05) is 58.3 Å². The predicted octanol–water partition coefficient (Wildman–Crippen LogP) is 7.85. The predicted molar refractivity (Wildman–Crippen MR) is 202 cm³/mol. The lowest BCUT2D eigenvalue weighted by atomic mass is 9.79. The molecule has 48 heavy (non-hydrogen) atoms. The van der Waals surface area contributed by atoms with Crippen molar-refractivity contribution in [1.82, 2.24) is 9.80 Å². The largest absolute Gasteiger partial charge is 0.489 e. The first-order valence-electron chi connectivity index (χ1n) is 17.0. The van der Waals surface area contributed by atoms with E-state index < -0.39 is 0 Å². The minimum Gasteiger partial charge on any atom is -0.489 e. The summed E-state index contributed by atoms with van der Waals surface area (Å²) in [5, 5.41) is 0. The molecule has 0 saturated carbocycles. The molecule has 1 unspecified atom stereocenters. The maximum atomic E-state index is 12.8. The van der Waals surface area contributed by atoms with Crippen LogP contribution in [0.15, 0.2) is 97.2 Å². The maximum Gasteiger partial charge on any atom is 0.246 e. The second kappa shape index (κ2) is 14.7. The first-order valence-corrected chi connectivity index (χ1v) is 17.0. The standard InChI is InChI=1S/C43H51N3O2/c1-10-30(3)22-38-32(5)17-18-33(6)42(38)39-24-36(48-26-35-15-12-14-31(4)34(7)23-35)25-40(37(39)11-2)45-21-19-43(27-45)28-46(29-43)41(47)16-13-20-44(8)9/h2,10,12-18,24-25,31H,1,3,7,19-23,26-29H2,4-6,8-9H3/b16-13+. The molecule has 5 nitrogen and oxygen atoms in total. The van der Waals surface area contributed by atoms with Crippen LogP contribution in [0.25, 0.3) is 11.1 Å². The van der Waals surface area contributed by atoms with E-state index in [1.165, 1.54) is 22.3 Å². The third-order valence-electron chi connectivity index (χ3n) is 10.1. The number of anilines is 1. The number of benzene rings is 2. The summed E-state index contributed by atoms with van der Waals surface area (Å²) in [6, 6.07) is 8.60. The number of likely N-dealkylation sites (N-methyl/N-ethyl adjacent to an activating group) is 1. The van der Waals surface area contributed by atoms with Crippen molar-refractivity contribution in [3.63, 3.8) is 0 Å². The molecule has 0 aromatic heterocycles. The highest BCUT2D eigenvalue weighted by atomic mass is 16.5. The topological polar surface area (TPSA) is 36.0 Å². The molecule has 2 heterocycles. The number of amides is 1. The van der Waals surface area contributed by atoms with E-state index in [0.717, 1.165) is 84.8 Å². The molecular weight excluding hydrogens is 590 g/mol. The average Bonchev–Trinajstić information content (AvgIpc) is 3.43. The summed E-state index contributed by atoms with van der Waals surface area (Å²) in [5.41, 5.74) is 11.0. The van der Waals surface area contributed by atoms with Crippen LogP contribution in [0, 0.1) is 37.5 Å². The van der Waals surface area contributed by atoms with Crippen molar-refractivity contribution in [3.05, 3.63) is 119 Å². The van der Waals surface area contributed by atoms with Gasteiger partial charge in [0.2, 0.25) is 5.91 Å². The number of nitrogens with zero attached hydrogens (tertiary/aromatic N) is 3. The summed E-state index contributed by atoms with van der Waals surface area (Å²) in [4.78, 5) is 19.3. The van der Waals surface area contributed by atoms with Gasteiger partial charge >= 0.3 is 0 Å². The molecule has 2 aromatic rings. The van der Waals surface area contributed by atoms with E-state index in [9.17, 15) is 4.79 Å². The second-order valence-electron chi connectivity index (χ2n) is 14.3. The Labute approximate surface area is 288 Å². The molecule has 5 rings (SSSR count). The Bertz CT molecular complexity index is 1740. The van der Waals surface area contributed by atoms with Crippen molar-refractivity contribution in [2.24, 2.45) is 11.3 Å². The fourth-order valence-electron chi connectivity index (χ4n) is 7.12. The fourth-order valence-corrected chi connectivity index (χ4v) is 7.12. The molecule has 0 radical (unpaired) electrons. The normalized spacial score (nSPS) is 18.6. The van der Waals surface area contributed by atoms with E-state index in [1.54, 1.807) is 6.08 Å². The van der Waals surface area contributed by atoms with Crippen molar-refractivity contribution in [2.45, 2.75) is 40.0 Å². The Hall–Kier alpha value is -4.53. The molecule has 1 atom stereocenters. The summed E-state index contributed by atoms with van der Waals surface area (Å²) < 4.78 is 6.62. The molecule has 1 spiro atoms. The van der Waals surface area contributed by atoms with Crippen LogP contribution in [0.1, 0.15) is 42.0 Å². The SMILES string of the molecule is C#Cc1c(-c2c(C)ccc(C)c2CC(=C)C=C)cc(OCC2=CC=CC(C)C(=C)C2)cc1N1CCC2(CN(C(=O)/C=C/CN(C)C)C2)C1. The maximum absolute atomic E-state index is 12.8. The number of carbonyl (C=O) groups excluding carboxylic acids is 1. The van der Waals surface area contributed by atoms with Gasteiger partial charge in [0.1, 0.15) is 12.4 Å². The van der Waals surface area contributed by atoms with Gasteiger partial charge in [0.15, 0.2) is 0 Å². The minimum absolute atomic E-state index is 0.0641. The molecule has 5 heteroatoms. The lowest BCUT2D eigenvalue weighted by molar-refractivity contribution is -0.136. The lowest BCUT2D eigenvalue weighted by Gasteiger charge is -2.47. The van der Waals surface area contributed by atoms with Gasteiger partial charge in [-0.25, -0.2) is 0 Å². The Morgan fingerprint density at radius 2 is 1.94 bits per heavy atom. The molecule has 250 valence electrons. The number of ether oxygens (including phenoxy) is 1. The van der Waals surface area contributed by atoms with Crippen LogP contribution >= 0.6 is 0 Å². The van der Waals surface area contributed by atoms with Crippen LogP contribution in [0.3, 0.4) is 0 Å². The number of allylic oxidation sites excluding steroid dienone is 6. The van der Waals surface area contributed by atoms with Crippen molar-refractivity contribution < 1.29 is 9.53 Å². The van der Waals surface area contributed by atoms with Crippen LogP contribution in [-0.2, 0) is 11.2 Å². The highest BCUT2D eigenvalue weighted by molar-refractivity contribution is 5.88. The molecule has 2 saturated heterocycles. The van der Waals surface area contributed by atoms with Gasteiger partial charge in [0.05, 0.1) is 11.3 Å². The van der Waals surface area contributed by atoms with Crippen LogP contribution in [0.2, 0.25) is 0 Å². The zero-order valence-electron chi connectivity index (χ0n) is 29.6. The Kier molecular flexibility index (Phi) is 10.7. The fraction of sp³-hybridized carbons (Fsp3) is 0.372. The molecule has 0 N–H and O–H groups in total. The van der Waals surface area contributed by atoms with Gasteiger partial charge < -0.3 is 19.4 Å². The molecular formula is C43H51N3O2. The summed E-state index contributed by atoms with van der Waals surface area (Å²) in [5.74, 6) is 4.33. The number of terminal acetylenes is 1. The quantitative estimate of drug-likeness (QED) is 0.108. The number of hydrogen-bond acceptors (Lipinski definition) is 4. The van der Waals surface area contributed by atoms with Gasteiger partial charge in [-0.05, 0) is 87.0 Å². The van der Waals surface area contributed by atoms with Gasteiger partial charge in [0, 0.05) is 55.8 Å². The van der Waals surface area contributed by atoms with Gasteiger partial charge in [0.25, 0.3) is 0 Å². The van der Waals surface area contributed by atoms with E-state index >= 15 is 0 Å². The third-order valence-corrected chi connectivity index (χ3v) is 10.1. The summed E-state index contributed by atoms with van der Waals surface area (Å²) in [7, 11) is 4.00. The van der Waals surface area contributed by atoms with Gasteiger partial charge in [-0.15, -0.1) is 6.42 Å². The molecule has 0 bridgehead atoms. The van der Waals surface area contributed by atoms with Crippen molar-refractivity contribution in [3.8, 4) is 29.2 Å². The number of carbonyl (C=O) groups is 1. The first-order chi connectivity index (χ1) is 22.9. The second-order valence-corrected chi connectivity index (χ2v) is 14.3. The Morgan fingerprint density at radius 3 is 2.65 bits per heavy atom. The van der Waals surface area contributed by atoms with Crippen LogP contribution in [0.5, 0.6) is 5.75 Å². The highest BCUT2D eigenvalue weighted by Crippen LogP contribution is 2.45. The molecule has 2 aliphatic heterocycles. The molecule has 2 fully saturated rings. The lowest BCUT2D eigenvalue weighted by Crippen LogP contribution is -2.59. The molecule has 2 aromatic carbocycles. The van der Waals surface area contributed by atoms with Gasteiger partial charge in [-0.1, -0.05) is 86.2 Å². The van der Waals surface area contributed by atoms with E-state index in [-0.39, 0.29) is 11.3 Å². The van der Waals surface area contributed by atoms with Crippen molar-refractivity contribution >= 4 is 11.6 Å². The first kappa shape index (κ1) is 34.8. The molecule has 1 aliphatic carbocycles. The smallest absolute Gasteiger partial charge is 0.246 e. The monoisotopic (exact) mass is 641 g/mol. The van der Waals surface area contributed by atoms with E-state index in [1.807, 2.05) is 36.0 Å². The third kappa shape index (κ3) is 7.61. The Balaban J connectivity index is 1.50. The average molecular weight is 642 g/mol. The van der Waals surface area contributed by atoms with Gasteiger partial charge in [-0.3, -0.25) is 4.79 Å². The molecule has 3 aliphatic rings. The summed E-state index contributed by atoms with van der Waals surface area (Å²) in [6.07, 6.45) is 20.9. The van der Waals surface area contributed by atoms with E-state index in [0.29, 0.717) is 18.9 Å². The van der Waals surface area contributed by atoms with Crippen LogP contribution < -0.4 is 9.64 Å². The summed E-state index contributed by atoms with van der Waals surface area (Å²) in [6.45, 7) is 23.5. The minimum atomic E-state index is 0.0641. The van der Waals surface area contributed by atoms with E-state index in [4.69, 9.17) is 11.2 Å². The van der Waals surface area contributed by atoms with E-state index in [2.05, 4.69) is 93.8 Å².